The molecule has 1 amide bonds. The fourth-order valence-corrected chi connectivity index (χ4v) is 4.82. The normalized spacial score (nSPS) is 13.3. The molecular formula is C17H16Cl3NO3S. The monoisotopic (exact) mass is 419 g/mol. The molecule has 1 atom stereocenters. The van der Waals surface area contributed by atoms with Gasteiger partial charge in [0.15, 0.2) is 5.37 Å². The highest BCUT2D eigenvalue weighted by Crippen LogP contribution is 2.35. The quantitative estimate of drug-likeness (QED) is 0.748. The average Bonchev–Trinajstić information content (AvgIpc) is 2.53. The van der Waals surface area contributed by atoms with Gasteiger partial charge >= 0.3 is 0 Å². The van der Waals surface area contributed by atoms with Gasteiger partial charge in [-0.05, 0) is 24.6 Å². The van der Waals surface area contributed by atoms with Crippen LogP contribution in [-0.2, 0) is 21.1 Å². The fraction of sp³-hybridized carbons (Fsp3) is 0.235. The molecule has 0 aliphatic rings. The maximum Gasteiger partial charge on any atom is 0.225 e. The number of hydrogen-bond acceptors (Lipinski definition) is 3. The highest BCUT2D eigenvalue weighted by molar-refractivity contribution is 7.92. The van der Waals surface area contributed by atoms with E-state index in [0.29, 0.717) is 0 Å². The average molecular weight is 421 g/mol. The summed E-state index contributed by atoms with van der Waals surface area (Å²) in [4.78, 5) is 12.2. The van der Waals surface area contributed by atoms with Crippen LogP contribution < -0.4 is 5.32 Å². The summed E-state index contributed by atoms with van der Waals surface area (Å²) in [6.07, 6.45) is -0.0263. The number of halogens is 3. The molecule has 134 valence electrons. The third-order valence-electron chi connectivity index (χ3n) is 3.46. The highest BCUT2D eigenvalue weighted by atomic mass is 35.6. The van der Waals surface area contributed by atoms with Gasteiger partial charge in [-0.2, -0.15) is 0 Å². The lowest BCUT2D eigenvalue weighted by Crippen LogP contribution is -2.49. The number of nitrogens with one attached hydrogen (secondary N) is 1. The van der Waals surface area contributed by atoms with Crippen LogP contribution in [0.5, 0.6) is 0 Å². The molecule has 1 unspecified atom stereocenters. The predicted molar refractivity (Wildman–Crippen MR) is 101 cm³/mol. The number of hydrogen-bond donors (Lipinski definition) is 1. The summed E-state index contributed by atoms with van der Waals surface area (Å²) in [7, 11) is -4.09. The maximum atomic E-state index is 12.8. The van der Waals surface area contributed by atoms with Crippen LogP contribution in [-0.4, -0.2) is 23.5 Å². The lowest BCUT2D eigenvalue weighted by molar-refractivity contribution is -0.120. The molecule has 1 N–H and O–H groups in total. The molecule has 0 saturated heterocycles. The van der Waals surface area contributed by atoms with Gasteiger partial charge in [0.05, 0.1) is 11.3 Å². The Kier molecular flexibility index (Phi) is 6.38. The number of carbonyl (C=O) groups is 1. The number of benzene rings is 2. The first kappa shape index (κ1) is 20.0. The number of amides is 1. The first-order valence-corrected chi connectivity index (χ1v) is 9.99. The largest absolute Gasteiger partial charge is 0.335 e. The molecule has 2 aromatic carbocycles. The Bertz CT molecular complexity index is 832. The number of carbonyl (C=O) groups excluding carboxylic acids is 1. The summed E-state index contributed by atoms with van der Waals surface area (Å²) in [5.41, 5.74) is 1.60. The van der Waals surface area contributed by atoms with Gasteiger partial charge in [0.2, 0.25) is 19.5 Å². The van der Waals surface area contributed by atoms with Crippen molar-refractivity contribution in [2.45, 2.75) is 27.4 Å². The van der Waals surface area contributed by atoms with Crippen LogP contribution in [0.3, 0.4) is 0 Å². The van der Waals surface area contributed by atoms with Crippen molar-refractivity contribution in [2.24, 2.45) is 0 Å². The van der Waals surface area contributed by atoms with E-state index in [4.69, 9.17) is 34.8 Å². The SMILES string of the molecule is Cc1ccc(S(=O)(=O)C(NC(=O)Cc2ccccc2)C(Cl)(Cl)Cl)cc1. The molecule has 2 rings (SSSR count). The van der Waals surface area contributed by atoms with Crippen LogP contribution in [0.25, 0.3) is 0 Å². The molecule has 4 nitrogen and oxygen atoms in total. The molecule has 0 aromatic heterocycles. The first-order valence-electron chi connectivity index (χ1n) is 7.31. The summed E-state index contributed by atoms with van der Waals surface area (Å²) in [6.45, 7) is 1.82. The second kappa shape index (κ2) is 7.96. The van der Waals surface area contributed by atoms with E-state index in [-0.39, 0.29) is 11.3 Å². The van der Waals surface area contributed by atoms with E-state index in [1.807, 2.05) is 13.0 Å². The molecule has 25 heavy (non-hydrogen) atoms. The molecule has 0 bridgehead atoms. The standard InChI is InChI=1S/C17H16Cl3NO3S/c1-12-7-9-14(10-8-12)25(23,24)16(17(18,19)20)21-15(22)11-13-5-3-2-4-6-13/h2-10,16H,11H2,1H3,(H,21,22). The van der Waals surface area contributed by atoms with Gasteiger partial charge in [0.25, 0.3) is 0 Å². The van der Waals surface area contributed by atoms with Crippen LogP contribution in [0.15, 0.2) is 59.5 Å². The molecule has 8 heteroatoms. The lowest BCUT2D eigenvalue weighted by Gasteiger charge is -2.25. The Morgan fingerprint density at radius 3 is 2.12 bits per heavy atom. The first-order chi connectivity index (χ1) is 11.6. The van der Waals surface area contributed by atoms with Crippen molar-refractivity contribution in [1.82, 2.24) is 5.32 Å². The van der Waals surface area contributed by atoms with Gasteiger partial charge in [0, 0.05) is 0 Å². The van der Waals surface area contributed by atoms with Gasteiger partial charge in [-0.25, -0.2) is 8.42 Å². The fourth-order valence-electron chi connectivity index (χ4n) is 2.18. The van der Waals surface area contributed by atoms with Crippen LogP contribution in [0.4, 0.5) is 0 Å². The van der Waals surface area contributed by atoms with E-state index >= 15 is 0 Å². The summed E-state index contributed by atoms with van der Waals surface area (Å²) in [5.74, 6) is -0.557. The van der Waals surface area contributed by atoms with Gasteiger partial charge < -0.3 is 5.32 Å². The van der Waals surface area contributed by atoms with E-state index in [1.54, 1.807) is 36.4 Å². The zero-order valence-corrected chi connectivity index (χ0v) is 16.3. The number of sulfone groups is 1. The van der Waals surface area contributed by atoms with Crippen LogP contribution >= 0.6 is 34.8 Å². The van der Waals surface area contributed by atoms with Gasteiger partial charge in [-0.1, -0.05) is 82.8 Å². The molecule has 0 fully saturated rings. The minimum atomic E-state index is -4.09. The van der Waals surface area contributed by atoms with Crippen molar-refractivity contribution in [3.8, 4) is 0 Å². The predicted octanol–water partition coefficient (Wildman–Crippen LogP) is 3.82. The molecule has 0 aliphatic carbocycles. The Hall–Kier alpha value is -1.27. The van der Waals surface area contributed by atoms with Gasteiger partial charge in [-0.15, -0.1) is 0 Å². The molecule has 2 aromatic rings. The topological polar surface area (TPSA) is 63.2 Å². The Labute approximate surface area is 162 Å². The van der Waals surface area contributed by atoms with Crippen molar-refractivity contribution >= 4 is 50.5 Å². The van der Waals surface area contributed by atoms with Crippen LogP contribution in [0.1, 0.15) is 11.1 Å². The van der Waals surface area contributed by atoms with Crippen molar-refractivity contribution in [1.29, 1.82) is 0 Å². The van der Waals surface area contributed by atoms with Crippen molar-refractivity contribution in [2.75, 3.05) is 0 Å². The molecule has 0 saturated carbocycles. The van der Waals surface area contributed by atoms with Gasteiger partial charge in [-0.3, -0.25) is 4.79 Å². The third-order valence-corrected chi connectivity index (χ3v) is 6.52. The van der Waals surface area contributed by atoms with E-state index in [1.165, 1.54) is 12.1 Å². The molecule has 0 heterocycles. The second-order valence-electron chi connectivity index (χ2n) is 5.51. The van der Waals surface area contributed by atoms with Crippen molar-refractivity contribution in [3.63, 3.8) is 0 Å². The third kappa shape index (κ3) is 5.35. The number of aryl methyl sites for hydroxylation is 1. The van der Waals surface area contributed by atoms with Crippen LogP contribution in [0, 0.1) is 6.92 Å². The van der Waals surface area contributed by atoms with E-state index in [9.17, 15) is 13.2 Å². The Balaban J connectivity index is 2.27. The zero-order valence-electron chi connectivity index (χ0n) is 13.2. The highest BCUT2D eigenvalue weighted by Gasteiger charge is 2.44. The summed E-state index contributed by atoms with van der Waals surface area (Å²) in [6, 6.07) is 15.0. The number of rotatable bonds is 5. The summed E-state index contributed by atoms with van der Waals surface area (Å²) >= 11 is 17.5. The minimum absolute atomic E-state index is 0.0263. The van der Waals surface area contributed by atoms with E-state index in [0.717, 1.165) is 11.1 Å². The van der Waals surface area contributed by atoms with E-state index < -0.39 is 24.9 Å². The number of alkyl halides is 3. The molecule has 0 spiro atoms. The summed E-state index contributed by atoms with van der Waals surface area (Å²) < 4.78 is 23.4. The Morgan fingerprint density at radius 2 is 1.60 bits per heavy atom. The molecular weight excluding hydrogens is 405 g/mol. The smallest absolute Gasteiger partial charge is 0.225 e. The molecule has 0 radical (unpaired) electrons. The van der Waals surface area contributed by atoms with Crippen molar-refractivity contribution in [3.05, 3.63) is 65.7 Å². The van der Waals surface area contributed by atoms with E-state index in [2.05, 4.69) is 5.32 Å². The second-order valence-corrected chi connectivity index (χ2v) is 9.91. The maximum absolute atomic E-state index is 12.8. The summed E-state index contributed by atoms with van der Waals surface area (Å²) in [5, 5.41) is 0.631. The zero-order chi connectivity index (χ0) is 18.7. The Morgan fingerprint density at radius 1 is 1.04 bits per heavy atom. The van der Waals surface area contributed by atoms with Crippen molar-refractivity contribution < 1.29 is 13.2 Å². The van der Waals surface area contributed by atoms with Gasteiger partial charge in [0.1, 0.15) is 0 Å². The minimum Gasteiger partial charge on any atom is -0.335 e. The molecule has 0 aliphatic heterocycles. The van der Waals surface area contributed by atoms with Crippen LogP contribution in [0.2, 0.25) is 0 Å². The lowest BCUT2D eigenvalue weighted by atomic mass is 10.1.